The number of rotatable bonds is 9. The number of likely N-dealkylation sites (N-methyl/N-ethyl adjacent to an activating group) is 1. The molecular weight excluding hydrogens is 428 g/mol. The van der Waals surface area contributed by atoms with Crippen molar-refractivity contribution >= 4 is 29.3 Å². The first-order valence-corrected chi connectivity index (χ1v) is 11.0. The third-order valence-corrected chi connectivity index (χ3v) is 5.48. The fourth-order valence-electron chi connectivity index (χ4n) is 2.82. The van der Waals surface area contributed by atoms with E-state index in [1.807, 2.05) is 62.4 Å². The minimum atomic E-state index is -0.269. The van der Waals surface area contributed by atoms with Crippen LogP contribution in [0.2, 0.25) is 0 Å². The fraction of sp³-hybridized carbons (Fsp3) is 0.273. The number of nitrogens with two attached hydrogens (primary N) is 1. The minimum absolute atomic E-state index is 0.0555. The Kier molecular flexibility index (Phi) is 7.72. The summed E-state index contributed by atoms with van der Waals surface area (Å²) in [6, 6.07) is 14.8. The zero-order chi connectivity index (χ0) is 23.1. The van der Waals surface area contributed by atoms with Gasteiger partial charge in [0.1, 0.15) is 5.75 Å². The summed E-state index contributed by atoms with van der Waals surface area (Å²) in [6.45, 7) is 4.42. The molecule has 0 spiro atoms. The number of nitrogens with one attached hydrogen (secondary N) is 1. The summed E-state index contributed by atoms with van der Waals surface area (Å²) in [7, 11) is 1.58. The smallest absolute Gasteiger partial charge is 0.243 e. The Bertz CT molecular complexity index is 1070. The Labute approximate surface area is 190 Å². The van der Waals surface area contributed by atoms with Gasteiger partial charge in [-0.1, -0.05) is 29.5 Å². The first-order valence-electron chi connectivity index (χ1n) is 10.0. The molecule has 0 saturated carbocycles. The topological polar surface area (TPSA) is 115 Å². The number of ether oxygens (including phenoxy) is 1. The van der Waals surface area contributed by atoms with E-state index in [1.54, 1.807) is 7.05 Å². The van der Waals surface area contributed by atoms with Crippen LogP contribution < -0.4 is 15.9 Å². The summed E-state index contributed by atoms with van der Waals surface area (Å²) in [5.41, 5.74) is 2.58. The largest absolute Gasteiger partial charge is 0.494 e. The second kappa shape index (κ2) is 10.7. The van der Waals surface area contributed by atoms with Gasteiger partial charge in [0, 0.05) is 18.3 Å². The van der Waals surface area contributed by atoms with Crippen LogP contribution in [-0.2, 0) is 9.59 Å². The molecule has 0 aliphatic rings. The number of hydrogen-bond acceptors (Lipinski definition) is 7. The van der Waals surface area contributed by atoms with Gasteiger partial charge in [0.2, 0.25) is 17.0 Å². The zero-order valence-corrected chi connectivity index (χ0v) is 19.1. The lowest BCUT2D eigenvalue weighted by Crippen LogP contribution is -2.36. The van der Waals surface area contributed by atoms with E-state index < -0.39 is 0 Å². The summed E-state index contributed by atoms with van der Waals surface area (Å²) in [6.07, 6.45) is 0. The highest BCUT2D eigenvalue weighted by Gasteiger charge is 2.17. The molecule has 3 N–H and O–H groups in total. The summed E-state index contributed by atoms with van der Waals surface area (Å²) in [5.74, 6) is 6.95. The van der Waals surface area contributed by atoms with Crippen molar-refractivity contribution in [1.29, 1.82) is 0 Å². The quantitative estimate of drug-likeness (QED) is 0.377. The molecule has 32 heavy (non-hydrogen) atoms. The van der Waals surface area contributed by atoms with Gasteiger partial charge >= 0.3 is 0 Å². The van der Waals surface area contributed by atoms with E-state index >= 15 is 0 Å². The molecular formula is C22H26N6O3S. The standard InChI is InChI=1S/C22H26N6O3S/c1-4-31-18-11-7-16(8-12-18)21-25-26-22(28(21)23)32-14-20(30)27(3)13-19(29)24-17-9-5-15(2)6-10-17/h5-12H,4,13-14,23H2,1-3H3,(H,24,29). The molecule has 0 fully saturated rings. The molecule has 168 valence electrons. The highest BCUT2D eigenvalue weighted by atomic mass is 32.2. The molecule has 3 rings (SSSR count). The molecule has 0 atom stereocenters. The van der Waals surface area contributed by atoms with Gasteiger partial charge in [-0.25, -0.2) is 4.68 Å². The third-order valence-electron chi connectivity index (χ3n) is 4.55. The van der Waals surface area contributed by atoms with E-state index in [4.69, 9.17) is 10.6 Å². The fourth-order valence-corrected chi connectivity index (χ4v) is 3.61. The van der Waals surface area contributed by atoms with Crippen molar-refractivity contribution in [1.82, 2.24) is 19.8 Å². The van der Waals surface area contributed by atoms with E-state index in [1.165, 1.54) is 9.58 Å². The van der Waals surface area contributed by atoms with E-state index in [0.29, 0.717) is 23.3 Å². The zero-order valence-electron chi connectivity index (χ0n) is 18.2. The number of hydrogen-bond donors (Lipinski definition) is 2. The number of nitrogens with zero attached hydrogens (tertiary/aromatic N) is 4. The minimum Gasteiger partial charge on any atom is -0.494 e. The highest BCUT2D eigenvalue weighted by molar-refractivity contribution is 7.99. The SMILES string of the molecule is CCOc1ccc(-c2nnc(SCC(=O)N(C)CC(=O)Nc3ccc(C)cc3)n2N)cc1. The Morgan fingerprint density at radius 1 is 1.12 bits per heavy atom. The van der Waals surface area contributed by atoms with Crippen molar-refractivity contribution in [2.24, 2.45) is 0 Å². The van der Waals surface area contributed by atoms with E-state index in [2.05, 4.69) is 15.5 Å². The van der Waals surface area contributed by atoms with Crippen molar-refractivity contribution in [2.75, 3.05) is 37.1 Å². The molecule has 10 heteroatoms. The van der Waals surface area contributed by atoms with Crippen LogP contribution in [0.3, 0.4) is 0 Å². The molecule has 1 heterocycles. The first-order chi connectivity index (χ1) is 15.4. The Morgan fingerprint density at radius 2 is 1.81 bits per heavy atom. The van der Waals surface area contributed by atoms with E-state index in [9.17, 15) is 9.59 Å². The molecule has 2 aromatic carbocycles. The van der Waals surface area contributed by atoms with E-state index in [-0.39, 0.29) is 24.1 Å². The van der Waals surface area contributed by atoms with Gasteiger partial charge in [-0.2, -0.15) is 0 Å². The number of aryl methyl sites for hydroxylation is 1. The van der Waals surface area contributed by atoms with Gasteiger partial charge in [-0.05, 0) is 50.2 Å². The van der Waals surface area contributed by atoms with Crippen LogP contribution in [-0.4, -0.2) is 57.5 Å². The van der Waals surface area contributed by atoms with Crippen LogP contribution in [0, 0.1) is 6.92 Å². The Morgan fingerprint density at radius 3 is 2.47 bits per heavy atom. The van der Waals surface area contributed by atoms with Crippen LogP contribution >= 0.6 is 11.8 Å². The van der Waals surface area contributed by atoms with Gasteiger partial charge in [0.25, 0.3) is 0 Å². The lowest BCUT2D eigenvalue weighted by Gasteiger charge is -2.16. The molecule has 1 aromatic heterocycles. The Hall–Kier alpha value is -3.53. The molecule has 9 nitrogen and oxygen atoms in total. The summed E-state index contributed by atoms with van der Waals surface area (Å²) in [4.78, 5) is 26.0. The lowest BCUT2D eigenvalue weighted by molar-refractivity contribution is -0.131. The van der Waals surface area contributed by atoms with E-state index in [0.717, 1.165) is 28.6 Å². The number of aromatic nitrogens is 3. The van der Waals surface area contributed by atoms with Crippen molar-refractivity contribution in [2.45, 2.75) is 19.0 Å². The predicted octanol–water partition coefficient (Wildman–Crippen LogP) is 2.56. The second-order valence-electron chi connectivity index (χ2n) is 7.09. The summed E-state index contributed by atoms with van der Waals surface area (Å²) < 4.78 is 6.78. The number of anilines is 1. The predicted molar refractivity (Wildman–Crippen MR) is 125 cm³/mol. The number of benzene rings is 2. The first kappa shape index (κ1) is 23.1. The third kappa shape index (κ3) is 6.01. The van der Waals surface area contributed by atoms with Gasteiger partial charge in [-0.3, -0.25) is 9.59 Å². The summed E-state index contributed by atoms with van der Waals surface area (Å²) >= 11 is 1.16. The van der Waals surface area contributed by atoms with Gasteiger partial charge in [-0.15, -0.1) is 10.2 Å². The maximum Gasteiger partial charge on any atom is 0.243 e. The number of thioether (sulfide) groups is 1. The van der Waals surface area contributed by atoms with Gasteiger partial charge in [0.15, 0.2) is 5.82 Å². The van der Waals surface area contributed by atoms with Crippen molar-refractivity contribution in [3.05, 3.63) is 54.1 Å². The van der Waals surface area contributed by atoms with Gasteiger partial charge in [0.05, 0.1) is 18.9 Å². The van der Waals surface area contributed by atoms with Crippen LogP contribution in [0.15, 0.2) is 53.7 Å². The number of carbonyl (C=O) groups is 2. The molecule has 2 amide bonds. The van der Waals surface area contributed by atoms with Crippen LogP contribution in [0.5, 0.6) is 5.75 Å². The number of amides is 2. The molecule has 0 bridgehead atoms. The number of nitrogen functional groups attached to an aromatic ring is 1. The van der Waals surface area contributed by atoms with Crippen LogP contribution in [0.25, 0.3) is 11.4 Å². The van der Waals surface area contributed by atoms with Crippen LogP contribution in [0.4, 0.5) is 5.69 Å². The van der Waals surface area contributed by atoms with Crippen LogP contribution in [0.1, 0.15) is 12.5 Å². The Balaban J connectivity index is 1.52. The summed E-state index contributed by atoms with van der Waals surface area (Å²) in [5, 5.41) is 11.4. The van der Waals surface area contributed by atoms with Crippen molar-refractivity contribution in [3.63, 3.8) is 0 Å². The number of carbonyl (C=O) groups excluding carboxylic acids is 2. The maximum atomic E-state index is 12.4. The second-order valence-corrected chi connectivity index (χ2v) is 8.03. The average Bonchev–Trinajstić information content (AvgIpc) is 3.14. The molecule has 3 aromatic rings. The van der Waals surface area contributed by atoms with Crippen molar-refractivity contribution < 1.29 is 14.3 Å². The molecule has 0 radical (unpaired) electrons. The highest BCUT2D eigenvalue weighted by Crippen LogP contribution is 2.23. The lowest BCUT2D eigenvalue weighted by atomic mass is 10.2. The molecule has 0 saturated heterocycles. The monoisotopic (exact) mass is 454 g/mol. The molecule has 0 aliphatic carbocycles. The maximum absolute atomic E-state index is 12.4. The average molecular weight is 455 g/mol. The van der Waals surface area contributed by atoms with Crippen molar-refractivity contribution in [3.8, 4) is 17.1 Å². The van der Waals surface area contributed by atoms with Gasteiger partial charge < -0.3 is 20.8 Å². The normalized spacial score (nSPS) is 10.6. The molecule has 0 unspecified atom stereocenters. The molecule has 0 aliphatic heterocycles.